The zero-order valence-corrected chi connectivity index (χ0v) is 27.8. The summed E-state index contributed by atoms with van der Waals surface area (Å²) in [6.45, 7) is 4.70. The molecule has 3 heteroatoms. The fraction of sp³-hybridized carbons (Fsp3) is 0.0638. The maximum atomic E-state index is 6.24. The highest BCUT2D eigenvalue weighted by Crippen LogP contribution is 2.53. The maximum Gasteiger partial charge on any atom is 0.160 e. The summed E-state index contributed by atoms with van der Waals surface area (Å²) in [6.07, 6.45) is 0. The average molecular weight is 641 g/mol. The maximum absolute atomic E-state index is 6.24. The van der Waals surface area contributed by atoms with Gasteiger partial charge in [-0.25, -0.2) is 9.97 Å². The van der Waals surface area contributed by atoms with Crippen LogP contribution in [0.1, 0.15) is 25.0 Å². The quantitative estimate of drug-likeness (QED) is 0.192. The summed E-state index contributed by atoms with van der Waals surface area (Å²) in [7, 11) is 0. The number of fused-ring (bicyclic) bond motifs is 7. The summed E-state index contributed by atoms with van der Waals surface area (Å²) in [4.78, 5) is 10.3. The first-order chi connectivity index (χ1) is 24.5. The van der Waals surface area contributed by atoms with Crippen molar-refractivity contribution in [1.82, 2.24) is 9.97 Å². The molecular formula is C47H32N2O. The lowest BCUT2D eigenvalue weighted by Gasteiger charge is -2.22. The van der Waals surface area contributed by atoms with Gasteiger partial charge in [-0.3, -0.25) is 0 Å². The Morgan fingerprint density at radius 2 is 1.12 bits per heavy atom. The van der Waals surface area contributed by atoms with Gasteiger partial charge in [0.2, 0.25) is 0 Å². The Morgan fingerprint density at radius 3 is 1.96 bits per heavy atom. The van der Waals surface area contributed by atoms with E-state index >= 15 is 0 Å². The zero-order chi connectivity index (χ0) is 33.4. The molecule has 0 amide bonds. The summed E-state index contributed by atoms with van der Waals surface area (Å²) in [6, 6.07) is 55.8. The van der Waals surface area contributed by atoms with Crippen LogP contribution < -0.4 is 0 Å². The van der Waals surface area contributed by atoms with E-state index in [4.69, 9.17) is 14.4 Å². The summed E-state index contributed by atoms with van der Waals surface area (Å²) >= 11 is 0. The second kappa shape index (κ2) is 10.8. The molecule has 0 spiro atoms. The minimum atomic E-state index is -0.0843. The van der Waals surface area contributed by atoms with Crippen LogP contribution in [0.15, 0.2) is 162 Å². The van der Waals surface area contributed by atoms with E-state index in [1.54, 1.807) is 0 Å². The molecular weight excluding hydrogens is 609 g/mol. The Bertz CT molecular complexity index is 2770. The normalized spacial score (nSPS) is 13.2. The minimum Gasteiger partial charge on any atom is -0.456 e. The molecule has 2 aromatic heterocycles. The van der Waals surface area contributed by atoms with E-state index in [0.717, 1.165) is 50.0 Å². The van der Waals surface area contributed by atoms with Crippen molar-refractivity contribution in [2.24, 2.45) is 0 Å². The molecule has 0 fully saturated rings. The lowest BCUT2D eigenvalue weighted by atomic mass is 9.81. The van der Waals surface area contributed by atoms with Crippen molar-refractivity contribution in [2.45, 2.75) is 19.3 Å². The van der Waals surface area contributed by atoms with Crippen molar-refractivity contribution in [3.05, 3.63) is 169 Å². The number of aromatic nitrogens is 2. The predicted molar refractivity (Wildman–Crippen MR) is 206 cm³/mol. The SMILES string of the molecule is CC1(C)c2cc3ccccc3cc2-c2c(-c3ccc(-c4cc(-c5cccc6oc7ccccc7c56)nc(-c5ccccc5)n4)cc3)cccc21. The average Bonchev–Trinajstić information content (AvgIpc) is 3.66. The second-order valence-corrected chi connectivity index (χ2v) is 13.8. The van der Waals surface area contributed by atoms with E-state index < -0.39 is 0 Å². The van der Waals surface area contributed by atoms with Crippen LogP contribution in [0.3, 0.4) is 0 Å². The van der Waals surface area contributed by atoms with Crippen LogP contribution in [0.2, 0.25) is 0 Å². The molecule has 1 aliphatic carbocycles. The van der Waals surface area contributed by atoms with Gasteiger partial charge in [0.1, 0.15) is 11.2 Å². The van der Waals surface area contributed by atoms with Gasteiger partial charge in [0, 0.05) is 32.9 Å². The lowest BCUT2D eigenvalue weighted by molar-refractivity contribution is 0.661. The number of hydrogen-bond acceptors (Lipinski definition) is 3. The Kier molecular flexibility index (Phi) is 6.22. The van der Waals surface area contributed by atoms with Gasteiger partial charge in [-0.2, -0.15) is 0 Å². The van der Waals surface area contributed by atoms with Gasteiger partial charge >= 0.3 is 0 Å². The molecule has 0 bridgehead atoms. The molecule has 0 N–H and O–H groups in total. The van der Waals surface area contributed by atoms with Crippen molar-refractivity contribution >= 4 is 32.7 Å². The Hall–Kier alpha value is -6.32. The van der Waals surface area contributed by atoms with Gasteiger partial charge in [0.15, 0.2) is 5.82 Å². The molecule has 10 rings (SSSR count). The third-order valence-electron chi connectivity index (χ3n) is 10.5. The molecule has 0 saturated heterocycles. The van der Waals surface area contributed by atoms with Crippen molar-refractivity contribution < 1.29 is 4.42 Å². The van der Waals surface area contributed by atoms with E-state index in [1.165, 1.54) is 44.2 Å². The summed E-state index contributed by atoms with van der Waals surface area (Å²) in [5, 5.41) is 4.70. The Labute approximate surface area is 290 Å². The van der Waals surface area contributed by atoms with Crippen molar-refractivity contribution in [3.63, 3.8) is 0 Å². The van der Waals surface area contributed by atoms with Crippen LogP contribution in [-0.4, -0.2) is 9.97 Å². The molecule has 0 unspecified atom stereocenters. The molecule has 3 nitrogen and oxygen atoms in total. The molecule has 236 valence electrons. The van der Waals surface area contributed by atoms with Gasteiger partial charge < -0.3 is 4.42 Å². The summed E-state index contributed by atoms with van der Waals surface area (Å²) in [5.41, 5.74) is 14.3. The molecule has 0 atom stereocenters. The standard InChI is InChI=1S/C47H32N2O/c1-47(2)38-19-10-17-34(44(38)37-26-32-14-6-7-15-33(32)27-39(37)47)29-22-24-30(25-23-29)40-28-41(49-46(48-40)31-12-4-3-5-13-31)35-18-11-21-43-45(35)36-16-8-9-20-42(36)50-43/h3-28H,1-2H3. The number of furan rings is 1. The number of benzene rings is 7. The number of para-hydroxylation sites is 1. The number of rotatable bonds is 4. The highest BCUT2D eigenvalue weighted by Gasteiger charge is 2.37. The van der Waals surface area contributed by atoms with Crippen LogP contribution >= 0.6 is 0 Å². The Balaban J connectivity index is 1.12. The fourth-order valence-corrected chi connectivity index (χ4v) is 7.97. The number of hydrogen-bond donors (Lipinski definition) is 0. The van der Waals surface area contributed by atoms with Crippen LogP contribution in [0.5, 0.6) is 0 Å². The van der Waals surface area contributed by atoms with E-state index in [0.29, 0.717) is 5.82 Å². The van der Waals surface area contributed by atoms with E-state index in [9.17, 15) is 0 Å². The molecule has 7 aromatic carbocycles. The monoisotopic (exact) mass is 640 g/mol. The molecule has 50 heavy (non-hydrogen) atoms. The zero-order valence-electron chi connectivity index (χ0n) is 27.8. The molecule has 0 aliphatic heterocycles. The van der Waals surface area contributed by atoms with Gasteiger partial charge in [0.25, 0.3) is 0 Å². The lowest BCUT2D eigenvalue weighted by Crippen LogP contribution is -2.14. The molecule has 9 aromatic rings. The van der Waals surface area contributed by atoms with E-state index in [-0.39, 0.29) is 5.41 Å². The van der Waals surface area contributed by atoms with E-state index in [2.05, 4.69) is 129 Å². The third-order valence-corrected chi connectivity index (χ3v) is 10.5. The summed E-state index contributed by atoms with van der Waals surface area (Å²) in [5.74, 6) is 0.693. The highest BCUT2D eigenvalue weighted by atomic mass is 16.3. The molecule has 0 radical (unpaired) electrons. The first-order valence-electron chi connectivity index (χ1n) is 17.2. The first kappa shape index (κ1) is 28.7. The van der Waals surface area contributed by atoms with Crippen molar-refractivity contribution in [3.8, 4) is 56.2 Å². The second-order valence-electron chi connectivity index (χ2n) is 13.8. The van der Waals surface area contributed by atoms with Crippen molar-refractivity contribution in [2.75, 3.05) is 0 Å². The molecule has 2 heterocycles. The van der Waals surface area contributed by atoms with Gasteiger partial charge in [-0.1, -0.05) is 141 Å². The fourth-order valence-electron chi connectivity index (χ4n) is 7.97. The van der Waals surface area contributed by atoms with Crippen LogP contribution in [-0.2, 0) is 5.41 Å². The first-order valence-corrected chi connectivity index (χ1v) is 17.2. The Morgan fingerprint density at radius 1 is 0.460 bits per heavy atom. The van der Waals surface area contributed by atoms with Crippen LogP contribution in [0, 0.1) is 0 Å². The third kappa shape index (κ3) is 4.37. The van der Waals surface area contributed by atoms with Gasteiger partial charge in [-0.05, 0) is 74.5 Å². The van der Waals surface area contributed by atoms with E-state index in [1.807, 2.05) is 42.5 Å². The number of nitrogens with zero attached hydrogens (tertiary/aromatic N) is 2. The van der Waals surface area contributed by atoms with Gasteiger partial charge in [0.05, 0.1) is 11.4 Å². The van der Waals surface area contributed by atoms with Crippen molar-refractivity contribution in [1.29, 1.82) is 0 Å². The smallest absolute Gasteiger partial charge is 0.160 e. The predicted octanol–water partition coefficient (Wildman–Crippen LogP) is 12.5. The minimum absolute atomic E-state index is 0.0843. The summed E-state index contributed by atoms with van der Waals surface area (Å²) < 4.78 is 6.24. The topological polar surface area (TPSA) is 38.9 Å². The molecule has 1 aliphatic rings. The van der Waals surface area contributed by atoms with Crippen LogP contribution in [0.25, 0.3) is 88.9 Å². The largest absolute Gasteiger partial charge is 0.456 e. The van der Waals surface area contributed by atoms with Crippen LogP contribution in [0.4, 0.5) is 0 Å². The van der Waals surface area contributed by atoms with Gasteiger partial charge in [-0.15, -0.1) is 0 Å². The highest BCUT2D eigenvalue weighted by molar-refractivity contribution is 6.12. The molecule has 0 saturated carbocycles.